The van der Waals surface area contributed by atoms with Crippen molar-refractivity contribution in [3.63, 3.8) is 0 Å². The number of anilines is 2. The first-order valence-corrected chi connectivity index (χ1v) is 11.9. The van der Waals surface area contributed by atoms with Gasteiger partial charge in [0.05, 0.1) is 43.1 Å². The molecule has 2 aromatic rings. The molecule has 2 fully saturated rings. The molecule has 2 aliphatic heterocycles. The molecule has 38 heavy (non-hydrogen) atoms. The lowest BCUT2D eigenvalue weighted by atomic mass is 10.2. The van der Waals surface area contributed by atoms with Crippen molar-refractivity contribution < 1.29 is 35.9 Å². The monoisotopic (exact) mass is 549 g/mol. The molecule has 1 atom stereocenters. The molecule has 0 radical (unpaired) electrons. The third kappa shape index (κ3) is 6.34. The van der Waals surface area contributed by atoms with Crippen molar-refractivity contribution in [1.82, 2.24) is 25.1 Å². The maximum atomic E-state index is 13.4. The lowest BCUT2D eigenvalue weighted by Crippen LogP contribution is -2.49. The maximum absolute atomic E-state index is 13.4. The van der Waals surface area contributed by atoms with Crippen molar-refractivity contribution >= 4 is 17.5 Å². The summed E-state index contributed by atoms with van der Waals surface area (Å²) in [5.41, 5.74) is -3.84. The number of H-pyrrole nitrogens is 1. The van der Waals surface area contributed by atoms with Crippen molar-refractivity contribution in [2.24, 2.45) is 0 Å². The fourth-order valence-corrected chi connectivity index (χ4v) is 4.53. The van der Waals surface area contributed by atoms with E-state index < -0.39 is 35.1 Å². The molecule has 4 rings (SSSR count). The van der Waals surface area contributed by atoms with Crippen molar-refractivity contribution in [2.75, 3.05) is 55.7 Å². The topological polar surface area (TPSA) is 108 Å². The van der Waals surface area contributed by atoms with E-state index in [2.05, 4.69) is 15.1 Å². The van der Waals surface area contributed by atoms with E-state index >= 15 is 0 Å². The van der Waals surface area contributed by atoms with E-state index in [1.54, 1.807) is 9.80 Å². The van der Waals surface area contributed by atoms with Crippen molar-refractivity contribution in [1.29, 1.82) is 0 Å². The summed E-state index contributed by atoms with van der Waals surface area (Å²) >= 11 is 0. The number of nitrogens with one attached hydrogen (secondary N) is 1. The highest BCUT2D eigenvalue weighted by Crippen LogP contribution is 2.36. The van der Waals surface area contributed by atoms with Crippen molar-refractivity contribution in [3.05, 3.63) is 40.1 Å². The summed E-state index contributed by atoms with van der Waals surface area (Å²) < 4.78 is 84.0. The molecule has 1 N–H and O–H groups in total. The number of amides is 1. The average molecular weight is 549 g/mol. The Balaban J connectivity index is 1.23. The van der Waals surface area contributed by atoms with Crippen LogP contribution in [0.25, 0.3) is 0 Å². The Bertz CT molecular complexity index is 1160. The molecule has 0 aromatic carbocycles. The SMILES string of the molecule is O=C(CCOC[C@@H]1CCCN1c1cn[nH]c(=O)c1C(F)(F)F)N1CCN(c2ncc(C(F)(F)F)cn2)CC1. The van der Waals surface area contributed by atoms with Gasteiger partial charge < -0.3 is 19.4 Å². The first kappa shape index (κ1) is 27.6. The molecule has 2 aliphatic rings. The number of aromatic amines is 1. The molecule has 0 spiro atoms. The predicted molar refractivity (Wildman–Crippen MR) is 121 cm³/mol. The van der Waals surface area contributed by atoms with Crippen molar-refractivity contribution in [3.8, 4) is 0 Å². The van der Waals surface area contributed by atoms with Crippen LogP contribution < -0.4 is 15.4 Å². The molecular weight excluding hydrogens is 524 g/mol. The molecule has 10 nitrogen and oxygen atoms in total. The summed E-state index contributed by atoms with van der Waals surface area (Å²) in [4.78, 5) is 36.7. The lowest BCUT2D eigenvalue weighted by Gasteiger charge is -2.34. The zero-order valence-electron chi connectivity index (χ0n) is 20.1. The summed E-state index contributed by atoms with van der Waals surface area (Å²) in [5.74, 6) is -0.0294. The number of hydrogen-bond donors (Lipinski definition) is 1. The quantitative estimate of drug-likeness (QED) is 0.415. The molecule has 0 saturated carbocycles. The van der Waals surface area contributed by atoms with Crippen LogP contribution in [0.2, 0.25) is 0 Å². The largest absolute Gasteiger partial charge is 0.423 e. The first-order valence-electron chi connectivity index (χ1n) is 11.9. The van der Waals surface area contributed by atoms with Crippen molar-refractivity contribution in [2.45, 2.75) is 37.7 Å². The highest BCUT2D eigenvalue weighted by Gasteiger charge is 2.40. The van der Waals surface area contributed by atoms with Crippen LogP contribution in [0.1, 0.15) is 30.4 Å². The van der Waals surface area contributed by atoms with E-state index in [1.165, 1.54) is 4.90 Å². The number of carbonyl (C=O) groups is 1. The maximum Gasteiger partial charge on any atom is 0.423 e. The molecule has 0 bridgehead atoms. The Kier molecular flexibility index (Phi) is 8.08. The van der Waals surface area contributed by atoms with Gasteiger partial charge >= 0.3 is 12.4 Å². The normalized spacial score (nSPS) is 18.8. The van der Waals surface area contributed by atoms with Gasteiger partial charge in [-0.3, -0.25) is 9.59 Å². The fourth-order valence-electron chi connectivity index (χ4n) is 4.53. The van der Waals surface area contributed by atoms with E-state index in [0.29, 0.717) is 45.6 Å². The number of aromatic nitrogens is 4. The molecule has 0 aliphatic carbocycles. The molecule has 4 heterocycles. The van der Waals surface area contributed by atoms with E-state index in [1.807, 2.05) is 5.10 Å². The third-order valence-electron chi connectivity index (χ3n) is 6.46. The average Bonchev–Trinajstić information content (AvgIpc) is 3.34. The Hall–Kier alpha value is -3.43. The number of ether oxygens (including phenoxy) is 1. The van der Waals surface area contributed by atoms with E-state index in [-0.39, 0.29) is 37.2 Å². The van der Waals surface area contributed by atoms with Gasteiger partial charge in [-0.15, -0.1) is 0 Å². The minimum atomic E-state index is -4.84. The lowest BCUT2D eigenvalue weighted by molar-refractivity contribution is -0.139. The third-order valence-corrected chi connectivity index (χ3v) is 6.46. The Morgan fingerprint density at radius 2 is 1.68 bits per heavy atom. The number of hydrogen-bond acceptors (Lipinski definition) is 8. The summed E-state index contributed by atoms with van der Waals surface area (Å²) in [6.45, 7) is 1.81. The zero-order chi connectivity index (χ0) is 27.5. The van der Waals surface area contributed by atoms with Crippen LogP contribution >= 0.6 is 0 Å². The molecule has 1 amide bonds. The Morgan fingerprint density at radius 1 is 1.00 bits per heavy atom. The second-order valence-corrected chi connectivity index (χ2v) is 8.91. The predicted octanol–water partition coefficient (Wildman–Crippen LogP) is 2.32. The first-order chi connectivity index (χ1) is 17.9. The Labute approximate surface area is 212 Å². The van der Waals surface area contributed by atoms with E-state index in [0.717, 1.165) is 18.6 Å². The standard InChI is InChI=1S/C22H25F6N7O3/c23-21(24,25)14-10-29-20(30-11-14)34-7-5-33(6-8-34)17(36)3-9-38-13-15-2-1-4-35(15)16-12-31-32-19(37)18(16)22(26,27)28/h10-12,15H,1-9,13H2,(H,32,37)/t15-/m0/s1. The van der Waals surface area contributed by atoms with Crippen LogP contribution in [0, 0.1) is 0 Å². The fraction of sp³-hybridized carbons (Fsp3) is 0.591. The number of halogens is 6. The summed E-state index contributed by atoms with van der Waals surface area (Å²) in [7, 11) is 0. The summed E-state index contributed by atoms with van der Waals surface area (Å²) in [6.07, 6.45) is -5.69. The molecule has 208 valence electrons. The van der Waals surface area contributed by atoms with Gasteiger partial charge in [0.25, 0.3) is 5.56 Å². The molecule has 16 heteroatoms. The van der Waals surface area contributed by atoms with Gasteiger partial charge in [-0.2, -0.15) is 31.4 Å². The van der Waals surface area contributed by atoms with Gasteiger partial charge in [-0.25, -0.2) is 15.1 Å². The minimum Gasteiger partial charge on any atom is -0.379 e. The van der Waals surface area contributed by atoms with Crippen LogP contribution in [-0.4, -0.2) is 83.0 Å². The van der Waals surface area contributed by atoms with Gasteiger partial charge in [-0.1, -0.05) is 0 Å². The summed E-state index contributed by atoms with van der Waals surface area (Å²) in [6, 6.07) is -0.401. The minimum absolute atomic E-state index is 0.0594. The van der Waals surface area contributed by atoms with Gasteiger partial charge in [0.2, 0.25) is 11.9 Å². The second-order valence-electron chi connectivity index (χ2n) is 8.91. The second kappa shape index (κ2) is 11.1. The summed E-state index contributed by atoms with van der Waals surface area (Å²) in [5, 5.41) is 5.34. The molecule has 0 unspecified atom stereocenters. The van der Waals surface area contributed by atoms with Gasteiger partial charge in [0.15, 0.2) is 0 Å². The number of nitrogens with zero attached hydrogens (tertiary/aromatic N) is 6. The van der Waals surface area contributed by atoms with Gasteiger partial charge in [-0.05, 0) is 12.8 Å². The molecular formula is C22H25F6N7O3. The molecule has 2 aromatic heterocycles. The van der Waals surface area contributed by atoms with Gasteiger partial charge in [0.1, 0.15) is 5.56 Å². The van der Waals surface area contributed by atoms with E-state index in [9.17, 15) is 35.9 Å². The smallest absolute Gasteiger partial charge is 0.379 e. The molecule has 2 saturated heterocycles. The van der Waals surface area contributed by atoms with Crippen LogP contribution in [0.5, 0.6) is 0 Å². The van der Waals surface area contributed by atoms with E-state index in [4.69, 9.17) is 4.74 Å². The highest BCUT2D eigenvalue weighted by molar-refractivity contribution is 5.76. The number of piperazine rings is 1. The Morgan fingerprint density at radius 3 is 2.32 bits per heavy atom. The highest BCUT2D eigenvalue weighted by atomic mass is 19.4. The van der Waals surface area contributed by atoms with Crippen LogP contribution in [0.15, 0.2) is 23.4 Å². The van der Waals surface area contributed by atoms with Crippen LogP contribution in [-0.2, 0) is 21.9 Å². The zero-order valence-corrected chi connectivity index (χ0v) is 20.1. The van der Waals surface area contributed by atoms with Crippen LogP contribution in [0.4, 0.5) is 38.0 Å². The van der Waals surface area contributed by atoms with Crippen LogP contribution in [0.3, 0.4) is 0 Å². The number of alkyl halides is 6. The number of carbonyl (C=O) groups excluding carboxylic acids is 1. The van der Waals surface area contributed by atoms with Gasteiger partial charge in [0, 0.05) is 45.1 Å². The number of rotatable bonds is 7.